The Kier molecular flexibility index (Phi) is 14.2. The van der Waals surface area contributed by atoms with Crippen molar-refractivity contribution in [3.63, 3.8) is 0 Å². The lowest BCUT2D eigenvalue weighted by atomic mass is 9.95. The highest BCUT2D eigenvalue weighted by molar-refractivity contribution is 5.88. The van der Waals surface area contributed by atoms with Gasteiger partial charge < -0.3 is 32.5 Å². The highest BCUT2D eigenvalue weighted by Gasteiger charge is 2.28. The molecule has 0 aliphatic carbocycles. The first-order chi connectivity index (χ1) is 28.1. The first kappa shape index (κ1) is 42.3. The van der Waals surface area contributed by atoms with Crippen molar-refractivity contribution >= 4 is 27.9 Å². The summed E-state index contributed by atoms with van der Waals surface area (Å²) >= 11 is 0. The summed E-state index contributed by atoms with van der Waals surface area (Å²) in [4.78, 5) is 44.0. The molecule has 0 N–H and O–H groups in total. The monoisotopic (exact) mass is 794 g/mol. The number of hydrogen-bond acceptors (Lipinski definition) is 12. The summed E-state index contributed by atoms with van der Waals surface area (Å²) in [6.45, 7) is 27.1. The van der Waals surface area contributed by atoms with Gasteiger partial charge in [0.25, 0.3) is 6.29 Å². The maximum atomic E-state index is 13.7. The molecular weight excluding hydrogens is 741 g/mol. The van der Waals surface area contributed by atoms with Crippen LogP contribution in [0.1, 0.15) is 51.4 Å². The van der Waals surface area contributed by atoms with Crippen LogP contribution in [-0.4, -0.2) is 81.3 Å². The normalized spacial score (nSPS) is 15.1. The average Bonchev–Trinajstić information content (AvgIpc) is 3.21. The van der Waals surface area contributed by atoms with Crippen LogP contribution in [0.4, 0.5) is 0 Å². The zero-order valence-corrected chi connectivity index (χ0v) is 34.0. The second kappa shape index (κ2) is 19.5. The second-order valence-electron chi connectivity index (χ2n) is 14.6. The summed E-state index contributed by atoms with van der Waals surface area (Å²) in [6.07, 6.45) is 7.14. The van der Waals surface area contributed by atoms with Crippen LogP contribution in [0.3, 0.4) is 0 Å². The Bertz CT molecular complexity index is 2160. The largest absolute Gasteiger partial charge is 0.458 e. The molecule has 0 unspecified atom stereocenters. The van der Waals surface area contributed by atoms with Gasteiger partial charge in [-0.2, -0.15) is 0 Å². The first-order valence-electron chi connectivity index (χ1n) is 19.8. The highest BCUT2D eigenvalue weighted by Crippen LogP contribution is 2.39. The minimum absolute atomic E-state index is 0.291. The number of allylic oxidation sites excluding steroid dienone is 4. The number of rotatable bonds is 18. The summed E-state index contributed by atoms with van der Waals surface area (Å²) in [6, 6.07) is 3.91. The van der Waals surface area contributed by atoms with Gasteiger partial charge in [0.05, 0.1) is 37.6 Å². The van der Waals surface area contributed by atoms with Gasteiger partial charge in [-0.05, 0) is 73.9 Å². The molecule has 2 saturated heterocycles. The summed E-state index contributed by atoms with van der Waals surface area (Å²) in [5, 5.41) is 1.55. The molecule has 2 fully saturated rings. The first-order valence-corrected chi connectivity index (χ1v) is 19.8. The van der Waals surface area contributed by atoms with E-state index >= 15 is 0 Å². The molecular formula is C46H54N2O10. The molecule has 0 radical (unpaired) electrons. The molecule has 0 bridgehead atoms. The van der Waals surface area contributed by atoms with Gasteiger partial charge in [0.1, 0.15) is 22.7 Å². The molecule has 6 rings (SSSR count). The number of carbonyl (C=O) groups is 1. The lowest BCUT2D eigenvalue weighted by molar-refractivity contribution is -0.149. The minimum Gasteiger partial charge on any atom is -0.458 e. The molecule has 4 aromatic rings. The Morgan fingerprint density at radius 3 is 1.43 bits per heavy atom. The van der Waals surface area contributed by atoms with E-state index in [9.17, 15) is 14.4 Å². The van der Waals surface area contributed by atoms with E-state index in [0.29, 0.717) is 110 Å². The number of benzene rings is 2. The van der Waals surface area contributed by atoms with Crippen LogP contribution in [0.5, 0.6) is 11.5 Å². The van der Waals surface area contributed by atoms with E-state index in [1.807, 2.05) is 26.0 Å². The number of esters is 1. The van der Waals surface area contributed by atoms with Gasteiger partial charge in [-0.1, -0.05) is 24.3 Å². The fourth-order valence-corrected chi connectivity index (χ4v) is 7.70. The summed E-state index contributed by atoms with van der Waals surface area (Å²) in [5.41, 5.74) is 5.39. The van der Waals surface area contributed by atoms with Crippen molar-refractivity contribution in [2.75, 3.05) is 59.2 Å². The van der Waals surface area contributed by atoms with Crippen LogP contribution < -0.4 is 20.7 Å². The number of fused-ring (bicyclic) bond motifs is 2. The van der Waals surface area contributed by atoms with Crippen LogP contribution in [0.2, 0.25) is 0 Å². The van der Waals surface area contributed by atoms with Gasteiger partial charge in [-0.25, -0.2) is 9.59 Å². The van der Waals surface area contributed by atoms with E-state index < -0.39 is 23.5 Å². The third-order valence-corrected chi connectivity index (χ3v) is 10.7. The van der Waals surface area contributed by atoms with E-state index in [2.05, 4.69) is 36.1 Å². The van der Waals surface area contributed by atoms with Crippen molar-refractivity contribution in [1.29, 1.82) is 0 Å². The van der Waals surface area contributed by atoms with E-state index in [1.54, 1.807) is 24.3 Å². The molecule has 2 aliphatic rings. The van der Waals surface area contributed by atoms with Crippen LogP contribution in [-0.2, 0) is 57.8 Å². The van der Waals surface area contributed by atoms with Crippen molar-refractivity contribution in [3.8, 4) is 11.5 Å². The predicted molar refractivity (Wildman–Crippen MR) is 224 cm³/mol. The SMILES string of the molecule is C=CCc1cc2c(C)c(CN3CCOCC3)c(=O)oc2c(CC=C)c1OC(COC(C)=O)Oc1c(CC=C)cc2c(C)c(CN3CCOCC3)c(=O)oc2c1CC=C. The zero-order valence-electron chi connectivity index (χ0n) is 34.0. The van der Waals surface area contributed by atoms with Crippen molar-refractivity contribution < 1.29 is 37.3 Å². The van der Waals surface area contributed by atoms with Gasteiger partial charge >= 0.3 is 17.2 Å². The standard InChI is InChI=1S/C46H54N2O10/c1-8-12-32-24-36-29(5)38(26-47-16-20-52-21-17-47)45(50)57-43(36)34(14-10-3)41(32)55-40(28-54-31(7)49)56-42-33(13-9-2)25-37-30(6)39(27-48-18-22-53-23-19-48)46(51)58-44(37)35(42)15-11-4/h8-11,24-25,40H,1-4,12-23,26-28H2,5-7H3. The minimum atomic E-state index is -1.21. The van der Waals surface area contributed by atoms with Crippen LogP contribution >= 0.6 is 0 Å². The number of aryl methyl sites for hydroxylation is 2. The topological polar surface area (TPSA) is 130 Å². The smallest absolute Gasteiger partial charge is 0.341 e. The number of morpholine rings is 2. The van der Waals surface area contributed by atoms with Crippen LogP contribution in [0.15, 0.2) is 81.2 Å². The lowest BCUT2D eigenvalue weighted by Gasteiger charge is -2.28. The zero-order chi connectivity index (χ0) is 41.3. The molecule has 2 aliphatic heterocycles. The summed E-state index contributed by atoms with van der Waals surface area (Å²) in [7, 11) is 0. The fourth-order valence-electron chi connectivity index (χ4n) is 7.70. The molecule has 2 aromatic carbocycles. The molecule has 58 heavy (non-hydrogen) atoms. The number of ether oxygens (including phenoxy) is 5. The molecule has 0 atom stereocenters. The maximum absolute atomic E-state index is 13.7. The Balaban J connectivity index is 1.48. The predicted octanol–water partition coefficient (Wildman–Crippen LogP) is 6.44. The Morgan fingerprint density at radius 2 is 1.07 bits per heavy atom. The highest BCUT2D eigenvalue weighted by atomic mass is 16.7. The summed E-state index contributed by atoms with van der Waals surface area (Å²) in [5.74, 6) is 0.243. The Labute approximate surface area is 338 Å². The van der Waals surface area contributed by atoms with Crippen molar-refractivity contribution in [2.45, 2.75) is 65.8 Å². The van der Waals surface area contributed by atoms with Gasteiger partial charge in [0.2, 0.25) is 0 Å². The van der Waals surface area contributed by atoms with Crippen molar-refractivity contribution in [1.82, 2.24) is 9.80 Å². The maximum Gasteiger partial charge on any atom is 0.341 e. The molecule has 308 valence electrons. The van der Waals surface area contributed by atoms with Crippen molar-refractivity contribution in [2.24, 2.45) is 0 Å². The Morgan fingerprint density at radius 1 is 0.672 bits per heavy atom. The molecule has 4 heterocycles. The molecule has 0 spiro atoms. The third kappa shape index (κ3) is 9.37. The Hall–Kier alpha value is -5.27. The number of nitrogens with zero attached hydrogens (tertiary/aromatic N) is 2. The van der Waals surface area contributed by atoms with E-state index in [4.69, 9.17) is 32.5 Å². The van der Waals surface area contributed by atoms with E-state index in [-0.39, 0.29) is 6.61 Å². The van der Waals surface area contributed by atoms with Gasteiger partial charge in [0.15, 0.2) is 6.61 Å². The van der Waals surface area contributed by atoms with E-state index in [1.165, 1.54) is 6.92 Å². The molecule has 0 amide bonds. The quantitative estimate of drug-likeness (QED) is 0.0476. The number of hydrogen-bond donors (Lipinski definition) is 0. The van der Waals surface area contributed by atoms with Crippen molar-refractivity contribution in [3.05, 3.63) is 128 Å². The van der Waals surface area contributed by atoms with Gasteiger partial charge in [0, 0.05) is 68.1 Å². The summed E-state index contributed by atoms with van der Waals surface area (Å²) < 4.78 is 42.4. The molecule has 12 heteroatoms. The number of carbonyl (C=O) groups excluding carboxylic acids is 1. The fraction of sp³-hybridized carbons (Fsp3) is 0.413. The molecule has 2 aromatic heterocycles. The van der Waals surface area contributed by atoms with Gasteiger partial charge in [-0.15, -0.1) is 26.3 Å². The van der Waals surface area contributed by atoms with Crippen LogP contribution in [0.25, 0.3) is 21.9 Å². The van der Waals surface area contributed by atoms with Crippen LogP contribution in [0, 0.1) is 13.8 Å². The molecule has 12 nitrogen and oxygen atoms in total. The second-order valence-corrected chi connectivity index (χ2v) is 14.6. The van der Waals surface area contributed by atoms with E-state index in [0.717, 1.165) is 59.2 Å². The lowest BCUT2D eigenvalue weighted by Crippen LogP contribution is -2.37. The van der Waals surface area contributed by atoms with Gasteiger partial charge in [-0.3, -0.25) is 14.6 Å². The third-order valence-electron chi connectivity index (χ3n) is 10.7. The molecule has 0 saturated carbocycles. The average molecular weight is 795 g/mol.